The zero-order chi connectivity index (χ0) is 13.8. The monoisotopic (exact) mass is 251 g/mol. The first-order valence-corrected chi connectivity index (χ1v) is 6.71. The predicted molar refractivity (Wildman–Crippen MR) is 71.9 cm³/mol. The van der Waals surface area contributed by atoms with Crippen LogP contribution in [0.25, 0.3) is 0 Å². The molecule has 4 nitrogen and oxygen atoms in total. The zero-order valence-corrected chi connectivity index (χ0v) is 12.0. The van der Waals surface area contributed by atoms with Crippen LogP contribution in [-0.2, 0) is 4.79 Å². The van der Waals surface area contributed by atoms with Crippen molar-refractivity contribution in [2.45, 2.75) is 51.5 Å². The van der Waals surface area contributed by atoms with Crippen LogP contribution in [0.1, 0.15) is 46.0 Å². The SMILES string of the molecule is CN(C)C(C)(C)CNC(=O)C1(C#N)CCCCC1. The molecule has 1 saturated carbocycles. The van der Waals surface area contributed by atoms with Crippen LogP contribution in [0, 0.1) is 16.7 Å². The van der Waals surface area contributed by atoms with Crippen molar-refractivity contribution >= 4 is 5.91 Å². The van der Waals surface area contributed by atoms with Crippen molar-refractivity contribution in [2.75, 3.05) is 20.6 Å². The maximum absolute atomic E-state index is 12.3. The molecule has 18 heavy (non-hydrogen) atoms. The molecule has 0 aromatic rings. The molecule has 0 aliphatic heterocycles. The van der Waals surface area contributed by atoms with Gasteiger partial charge in [-0.1, -0.05) is 19.3 Å². The largest absolute Gasteiger partial charge is 0.353 e. The number of hydrogen-bond acceptors (Lipinski definition) is 3. The van der Waals surface area contributed by atoms with Gasteiger partial charge in [0.2, 0.25) is 5.91 Å². The molecule has 1 aliphatic carbocycles. The average molecular weight is 251 g/mol. The normalized spacial score (nSPS) is 19.3. The van der Waals surface area contributed by atoms with E-state index in [0.717, 1.165) is 19.3 Å². The Hall–Kier alpha value is -1.08. The van der Waals surface area contributed by atoms with Gasteiger partial charge in [-0.15, -0.1) is 0 Å². The van der Waals surface area contributed by atoms with Crippen LogP contribution >= 0.6 is 0 Å². The maximum Gasteiger partial charge on any atom is 0.240 e. The van der Waals surface area contributed by atoms with Crippen molar-refractivity contribution < 1.29 is 4.79 Å². The summed E-state index contributed by atoms with van der Waals surface area (Å²) in [6.07, 6.45) is 4.52. The molecule has 0 atom stereocenters. The van der Waals surface area contributed by atoms with Crippen LogP contribution < -0.4 is 5.32 Å². The Labute approximate surface area is 110 Å². The quantitative estimate of drug-likeness (QED) is 0.830. The molecule has 102 valence electrons. The van der Waals surface area contributed by atoms with Crippen LogP contribution in [0.4, 0.5) is 0 Å². The van der Waals surface area contributed by atoms with E-state index in [1.165, 1.54) is 0 Å². The second-order valence-electron chi connectivity index (χ2n) is 6.14. The Morgan fingerprint density at radius 1 is 1.33 bits per heavy atom. The molecule has 1 amide bonds. The van der Waals surface area contributed by atoms with Crippen molar-refractivity contribution in [3.63, 3.8) is 0 Å². The topological polar surface area (TPSA) is 56.1 Å². The average Bonchev–Trinajstić information content (AvgIpc) is 2.36. The van der Waals surface area contributed by atoms with E-state index in [0.29, 0.717) is 19.4 Å². The molecule has 0 unspecified atom stereocenters. The van der Waals surface area contributed by atoms with Crippen LogP contribution in [0.2, 0.25) is 0 Å². The first-order chi connectivity index (χ1) is 8.34. The number of rotatable bonds is 4. The summed E-state index contributed by atoms with van der Waals surface area (Å²) in [4.78, 5) is 14.3. The van der Waals surface area contributed by atoms with Gasteiger partial charge in [-0.2, -0.15) is 5.26 Å². The first-order valence-electron chi connectivity index (χ1n) is 6.71. The van der Waals surface area contributed by atoms with E-state index >= 15 is 0 Å². The van der Waals surface area contributed by atoms with Gasteiger partial charge in [-0.25, -0.2) is 0 Å². The summed E-state index contributed by atoms with van der Waals surface area (Å²) >= 11 is 0. The van der Waals surface area contributed by atoms with Gasteiger partial charge in [0.25, 0.3) is 0 Å². The molecular weight excluding hydrogens is 226 g/mol. The predicted octanol–water partition coefficient (Wildman–Crippen LogP) is 1.92. The minimum Gasteiger partial charge on any atom is -0.353 e. The molecular formula is C14H25N3O. The van der Waals surface area contributed by atoms with Gasteiger partial charge in [0.05, 0.1) is 6.07 Å². The number of likely N-dealkylation sites (N-methyl/N-ethyl adjacent to an activating group) is 1. The Morgan fingerprint density at radius 2 is 1.89 bits per heavy atom. The van der Waals surface area contributed by atoms with Gasteiger partial charge in [0.1, 0.15) is 5.41 Å². The molecule has 0 aromatic carbocycles. The fourth-order valence-electron chi connectivity index (χ4n) is 2.17. The highest BCUT2D eigenvalue weighted by Gasteiger charge is 2.40. The summed E-state index contributed by atoms with van der Waals surface area (Å²) in [7, 11) is 3.99. The second kappa shape index (κ2) is 5.71. The van der Waals surface area contributed by atoms with Gasteiger partial charge in [0.15, 0.2) is 0 Å². The fraction of sp³-hybridized carbons (Fsp3) is 0.857. The Kier molecular flexibility index (Phi) is 4.75. The summed E-state index contributed by atoms with van der Waals surface area (Å²) in [6, 6.07) is 2.26. The molecule has 0 bridgehead atoms. The maximum atomic E-state index is 12.3. The molecule has 0 spiro atoms. The smallest absolute Gasteiger partial charge is 0.240 e. The lowest BCUT2D eigenvalue weighted by atomic mass is 9.74. The van der Waals surface area contributed by atoms with Gasteiger partial charge in [-0.05, 0) is 40.8 Å². The minimum absolute atomic E-state index is 0.0837. The fourth-order valence-corrected chi connectivity index (χ4v) is 2.17. The number of amides is 1. The van der Waals surface area contributed by atoms with E-state index in [1.807, 2.05) is 14.1 Å². The van der Waals surface area contributed by atoms with E-state index in [9.17, 15) is 10.1 Å². The molecule has 0 saturated heterocycles. The van der Waals surface area contributed by atoms with Crippen molar-refractivity contribution in [2.24, 2.45) is 5.41 Å². The van der Waals surface area contributed by atoms with Crippen molar-refractivity contribution in [3.05, 3.63) is 0 Å². The molecule has 0 aromatic heterocycles. The van der Waals surface area contributed by atoms with E-state index in [4.69, 9.17) is 0 Å². The highest BCUT2D eigenvalue weighted by atomic mass is 16.2. The Morgan fingerprint density at radius 3 is 2.33 bits per heavy atom. The van der Waals surface area contributed by atoms with Crippen molar-refractivity contribution in [1.82, 2.24) is 10.2 Å². The lowest BCUT2D eigenvalue weighted by molar-refractivity contribution is -0.130. The van der Waals surface area contributed by atoms with E-state index in [-0.39, 0.29) is 11.4 Å². The minimum atomic E-state index is -0.777. The third-order valence-electron chi connectivity index (χ3n) is 4.25. The standard InChI is InChI=1S/C14H25N3O/c1-13(2,17(3)4)11-16-12(18)14(10-15)8-6-5-7-9-14/h5-9,11H2,1-4H3,(H,16,18). The van der Waals surface area contributed by atoms with E-state index in [1.54, 1.807) is 0 Å². The number of nitriles is 1. The lowest BCUT2D eigenvalue weighted by Crippen LogP contribution is -2.51. The summed E-state index contributed by atoms with van der Waals surface area (Å²) in [5, 5.41) is 12.3. The van der Waals surface area contributed by atoms with Crippen LogP contribution in [0.3, 0.4) is 0 Å². The van der Waals surface area contributed by atoms with Crippen LogP contribution in [0.15, 0.2) is 0 Å². The van der Waals surface area contributed by atoms with Crippen LogP contribution in [-0.4, -0.2) is 37.0 Å². The van der Waals surface area contributed by atoms with Crippen molar-refractivity contribution in [1.29, 1.82) is 5.26 Å². The first kappa shape index (κ1) is 15.0. The highest BCUT2D eigenvalue weighted by Crippen LogP contribution is 2.35. The van der Waals surface area contributed by atoms with Crippen molar-refractivity contribution in [3.8, 4) is 6.07 Å². The zero-order valence-electron chi connectivity index (χ0n) is 12.0. The van der Waals surface area contributed by atoms with E-state index < -0.39 is 5.41 Å². The number of carbonyl (C=O) groups is 1. The summed E-state index contributed by atoms with van der Waals surface area (Å²) in [5.74, 6) is -0.0837. The Balaban J connectivity index is 2.62. The molecule has 1 rings (SSSR count). The third kappa shape index (κ3) is 3.23. The molecule has 1 fully saturated rings. The van der Waals surface area contributed by atoms with Gasteiger partial charge < -0.3 is 10.2 Å². The third-order valence-corrected chi connectivity index (χ3v) is 4.25. The van der Waals surface area contributed by atoms with E-state index in [2.05, 4.69) is 30.1 Å². The summed E-state index contributed by atoms with van der Waals surface area (Å²) in [6.45, 7) is 4.72. The number of hydrogen-bond donors (Lipinski definition) is 1. The lowest BCUT2D eigenvalue weighted by Gasteiger charge is -2.35. The van der Waals surface area contributed by atoms with Gasteiger partial charge in [-0.3, -0.25) is 4.79 Å². The van der Waals surface area contributed by atoms with Crippen LogP contribution in [0.5, 0.6) is 0 Å². The summed E-state index contributed by atoms with van der Waals surface area (Å²) in [5.41, 5.74) is -0.873. The molecule has 0 radical (unpaired) electrons. The molecule has 4 heteroatoms. The van der Waals surface area contributed by atoms with Gasteiger partial charge in [0, 0.05) is 12.1 Å². The Bertz CT molecular complexity index is 335. The highest BCUT2D eigenvalue weighted by molar-refractivity contribution is 5.85. The molecule has 1 N–H and O–H groups in total. The number of carbonyl (C=O) groups excluding carboxylic acids is 1. The van der Waals surface area contributed by atoms with Gasteiger partial charge >= 0.3 is 0 Å². The molecule has 1 aliphatic rings. The number of nitrogens with zero attached hydrogens (tertiary/aromatic N) is 2. The molecule has 0 heterocycles. The number of nitrogens with one attached hydrogen (secondary N) is 1. The second-order valence-corrected chi connectivity index (χ2v) is 6.14. The summed E-state index contributed by atoms with van der Waals surface area (Å²) < 4.78 is 0.